The van der Waals surface area contributed by atoms with Crippen molar-refractivity contribution >= 4 is 11.7 Å². The molecule has 5 heteroatoms. The Hall–Kier alpha value is -1.75. The summed E-state index contributed by atoms with van der Waals surface area (Å²) in [5.41, 5.74) is 2.11. The molecule has 0 aliphatic heterocycles. The van der Waals surface area contributed by atoms with Crippen LogP contribution < -0.4 is 15.0 Å². The molecule has 5 nitrogen and oxygen atoms in total. The molecule has 0 fully saturated rings. The van der Waals surface area contributed by atoms with Crippen molar-refractivity contribution in [3.8, 4) is 5.75 Å². The number of rotatable bonds is 10. The normalized spacial score (nSPS) is 10.4. The van der Waals surface area contributed by atoms with Gasteiger partial charge < -0.3 is 20.1 Å². The van der Waals surface area contributed by atoms with E-state index >= 15 is 0 Å². The van der Waals surface area contributed by atoms with Crippen molar-refractivity contribution < 1.29 is 14.6 Å². The molecule has 0 radical (unpaired) electrons. The lowest BCUT2D eigenvalue weighted by Crippen LogP contribution is -2.25. The maximum atomic E-state index is 10.5. The minimum Gasteiger partial charge on any atom is -0.495 e. The average molecular weight is 294 g/mol. The fourth-order valence-corrected chi connectivity index (χ4v) is 2.20. The highest BCUT2D eigenvalue weighted by atomic mass is 16.5. The molecule has 118 valence electrons. The number of aliphatic carboxylic acids is 1. The van der Waals surface area contributed by atoms with E-state index in [1.165, 1.54) is 0 Å². The lowest BCUT2D eigenvalue weighted by atomic mass is 10.1. The van der Waals surface area contributed by atoms with E-state index in [1.807, 2.05) is 12.1 Å². The maximum Gasteiger partial charge on any atom is 0.317 e. The van der Waals surface area contributed by atoms with Gasteiger partial charge in [-0.25, -0.2) is 0 Å². The third-order valence-corrected chi connectivity index (χ3v) is 3.35. The quantitative estimate of drug-likeness (QED) is 0.694. The van der Waals surface area contributed by atoms with Crippen LogP contribution in [0.3, 0.4) is 0 Å². The van der Waals surface area contributed by atoms with E-state index in [2.05, 4.69) is 30.1 Å². The molecule has 0 atom stereocenters. The van der Waals surface area contributed by atoms with E-state index in [0.717, 1.165) is 42.9 Å². The van der Waals surface area contributed by atoms with Crippen molar-refractivity contribution in [2.75, 3.05) is 31.6 Å². The van der Waals surface area contributed by atoms with Gasteiger partial charge in [0.05, 0.1) is 19.3 Å². The minimum absolute atomic E-state index is 0.0400. The summed E-state index contributed by atoms with van der Waals surface area (Å²) in [7, 11) is 1.67. The zero-order valence-corrected chi connectivity index (χ0v) is 13.2. The Morgan fingerprint density at radius 3 is 2.71 bits per heavy atom. The number of carboxylic acid groups (broad SMARTS) is 1. The first kappa shape index (κ1) is 17.3. The number of unbranched alkanes of at least 4 members (excludes halogenated alkanes) is 1. The third-order valence-electron chi connectivity index (χ3n) is 3.35. The molecule has 1 aromatic rings. The molecular weight excluding hydrogens is 268 g/mol. The zero-order chi connectivity index (χ0) is 15.7. The standard InChI is InChI=1S/C16H26N2O3/c1-4-6-9-18(5-2)14-8-7-13(10-15(14)21-3)11-17-12-16(19)20/h7-8,10,17H,4-6,9,11-12H2,1-3H3,(H,19,20). The van der Waals surface area contributed by atoms with Gasteiger partial charge in [0.25, 0.3) is 0 Å². The first-order valence-electron chi connectivity index (χ1n) is 7.46. The van der Waals surface area contributed by atoms with E-state index in [-0.39, 0.29) is 6.54 Å². The topological polar surface area (TPSA) is 61.8 Å². The molecule has 0 heterocycles. The van der Waals surface area contributed by atoms with Crippen molar-refractivity contribution in [1.29, 1.82) is 0 Å². The molecule has 0 spiro atoms. The van der Waals surface area contributed by atoms with Crippen molar-refractivity contribution in [2.24, 2.45) is 0 Å². The van der Waals surface area contributed by atoms with E-state index in [1.54, 1.807) is 7.11 Å². The fourth-order valence-electron chi connectivity index (χ4n) is 2.20. The number of anilines is 1. The first-order chi connectivity index (χ1) is 10.1. The van der Waals surface area contributed by atoms with Crippen LogP contribution in [0.4, 0.5) is 5.69 Å². The average Bonchev–Trinajstić information content (AvgIpc) is 2.48. The van der Waals surface area contributed by atoms with Crippen LogP contribution in [0.15, 0.2) is 18.2 Å². The third kappa shape index (κ3) is 5.63. The summed E-state index contributed by atoms with van der Waals surface area (Å²) >= 11 is 0. The Kier molecular flexibility index (Phi) is 7.61. The summed E-state index contributed by atoms with van der Waals surface area (Å²) in [6, 6.07) is 6.04. The molecule has 0 bridgehead atoms. The lowest BCUT2D eigenvalue weighted by molar-refractivity contribution is -0.135. The van der Waals surface area contributed by atoms with Gasteiger partial charge in [0.1, 0.15) is 5.75 Å². The predicted molar refractivity (Wildman–Crippen MR) is 85.1 cm³/mol. The number of hydrogen-bond acceptors (Lipinski definition) is 4. The second kappa shape index (κ2) is 9.23. The van der Waals surface area contributed by atoms with Crippen LogP contribution in [0.5, 0.6) is 5.75 Å². The number of benzene rings is 1. The molecule has 0 saturated heterocycles. The number of hydrogen-bond donors (Lipinski definition) is 2. The summed E-state index contributed by atoms with van der Waals surface area (Å²) in [5.74, 6) is -0.0158. The molecule has 0 aliphatic carbocycles. The highest BCUT2D eigenvalue weighted by Crippen LogP contribution is 2.29. The molecule has 0 aromatic heterocycles. The molecule has 0 unspecified atom stereocenters. The van der Waals surface area contributed by atoms with Gasteiger partial charge in [-0.15, -0.1) is 0 Å². The second-order valence-electron chi connectivity index (χ2n) is 4.94. The summed E-state index contributed by atoms with van der Waals surface area (Å²) in [6.07, 6.45) is 2.31. The van der Waals surface area contributed by atoms with Crippen LogP contribution in [-0.4, -0.2) is 37.8 Å². The second-order valence-corrected chi connectivity index (χ2v) is 4.94. The number of ether oxygens (including phenoxy) is 1. The Morgan fingerprint density at radius 1 is 1.38 bits per heavy atom. The van der Waals surface area contributed by atoms with Crippen LogP contribution in [0, 0.1) is 0 Å². The van der Waals surface area contributed by atoms with Crippen LogP contribution >= 0.6 is 0 Å². The van der Waals surface area contributed by atoms with Crippen molar-refractivity contribution in [1.82, 2.24) is 5.32 Å². The number of nitrogens with zero attached hydrogens (tertiary/aromatic N) is 1. The molecular formula is C16H26N2O3. The number of nitrogens with one attached hydrogen (secondary N) is 1. The Bertz CT molecular complexity index is 449. The zero-order valence-electron chi connectivity index (χ0n) is 13.2. The highest BCUT2D eigenvalue weighted by molar-refractivity contribution is 5.69. The van der Waals surface area contributed by atoms with Gasteiger partial charge in [0.2, 0.25) is 0 Å². The Labute approximate surface area is 126 Å². The maximum absolute atomic E-state index is 10.5. The summed E-state index contributed by atoms with van der Waals surface area (Å²) in [6.45, 7) is 6.75. The van der Waals surface area contributed by atoms with E-state index in [9.17, 15) is 4.79 Å². The molecule has 2 N–H and O–H groups in total. The van der Waals surface area contributed by atoms with Gasteiger partial charge in [-0.3, -0.25) is 4.79 Å². The lowest BCUT2D eigenvalue weighted by Gasteiger charge is -2.25. The molecule has 0 amide bonds. The monoisotopic (exact) mass is 294 g/mol. The first-order valence-corrected chi connectivity index (χ1v) is 7.46. The van der Waals surface area contributed by atoms with E-state index < -0.39 is 5.97 Å². The van der Waals surface area contributed by atoms with E-state index in [4.69, 9.17) is 9.84 Å². The van der Waals surface area contributed by atoms with Gasteiger partial charge in [0.15, 0.2) is 0 Å². The van der Waals surface area contributed by atoms with Crippen molar-refractivity contribution in [3.63, 3.8) is 0 Å². The molecule has 0 aliphatic rings. The number of methoxy groups -OCH3 is 1. The molecule has 21 heavy (non-hydrogen) atoms. The predicted octanol–water partition coefficient (Wildman–Crippen LogP) is 2.50. The molecule has 1 rings (SSSR count). The van der Waals surface area contributed by atoms with Gasteiger partial charge >= 0.3 is 5.97 Å². The van der Waals surface area contributed by atoms with Gasteiger partial charge in [-0.2, -0.15) is 0 Å². The van der Waals surface area contributed by atoms with Crippen LogP contribution in [0.1, 0.15) is 32.3 Å². The van der Waals surface area contributed by atoms with Crippen LogP contribution in [0.2, 0.25) is 0 Å². The Balaban J connectivity index is 2.79. The molecule has 1 aromatic carbocycles. The summed E-state index contributed by atoms with van der Waals surface area (Å²) in [4.78, 5) is 12.8. The van der Waals surface area contributed by atoms with Gasteiger partial charge in [-0.1, -0.05) is 19.4 Å². The van der Waals surface area contributed by atoms with Crippen molar-refractivity contribution in [2.45, 2.75) is 33.2 Å². The Morgan fingerprint density at radius 2 is 2.14 bits per heavy atom. The van der Waals surface area contributed by atoms with Crippen LogP contribution in [-0.2, 0) is 11.3 Å². The minimum atomic E-state index is -0.852. The molecule has 0 saturated carbocycles. The number of carbonyl (C=O) groups is 1. The van der Waals surface area contributed by atoms with Gasteiger partial charge in [-0.05, 0) is 31.0 Å². The number of carboxylic acids is 1. The summed E-state index contributed by atoms with van der Waals surface area (Å²) in [5, 5.41) is 11.5. The summed E-state index contributed by atoms with van der Waals surface area (Å²) < 4.78 is 5.49. The smallest absolute Gasteiger partial charge is 0.317 e. The fraction of sp³-hybridized carbons (Fsp3) is 0.562. The highest BCUT2D eigenvalue weighted by Gasteiger charge is 2.11. The largest absolute Gasteiger partial charge is 0.495 e. The van der Waals surface area contributed by atoms with Crippen LogP contribution in [0.25, 0.3) is 0 Å². The van der Waals surface area contributed by atoms with E-state index in [0.29, 0.717) is 6.54 Å². The van der Waals surface area contributed by atoms with Crippen molar-refractivity contribution in [3.05, 3.63) is 23.8 Å². The SMILES string of the molecule is CCCCN(CC)c1ccc(CNCC(=O)O)cc1OC. The van der Waals surface area contributed by atoms with Gasteiger partial charge in [0, 0.05) is 19.6 Å².